The number of carbonyl (C=O) groups excluding carboxylic acids is 2. The summed E-state index contributed by atoms with van der Waals surface area (Å²) in [5.74, 6) is -0.675. The minimum Gasteiger partial charge on any atom is -0.383 e. The third-order valence-electron chi connectivity index (χ3n) is 0.988. The van der Waals surface area contributed by atoms with Crippen molar-refractivity contribution in [1.29, 1.82) is 0 Å². The summed E-state index contributed by atoms with van der Waals surface area (Å²) >= 11 is 0. The third kappa shape index (κ3) is 3.41. The molecule has 0 saturated heterocycles. The zero-order valence-corrected chi connectivity index (χ0v) is 6.37. The largest absolute Gasteiger partial charge is 0.383 e. The summed E-state index contributed by atoms with van der Waals surface area (Å²) < 4.78 is 0. The van der Waals surface area contributed by atoms with Crippen molar-refractivity contribution in [2.75, 3.05) is 7.05 Å². The van der Waals surface area contributed by atoms with Gasteiger partial charge < -0.3 is 10.8 Å². The van der Waals surface area contributed by atoms with Gasteiger partial charge in [0.1, 0.15) is 6.10 Å². The van der Waals surface area contributed by atoms with E-state index in [0.717, 1.165) is 5.01 Å². The average molecular weight is 161 g/mol. The standard InChI is InChI=1S/C5H11N3O3/c1-3(9)4(10)7-8(2)5(6)11/h3,9H,1-2H3,(H2,6,11)(H,7,10)/t3-/m0/s1. The molecule has 0 heterocycles. The van der Waals surface area contributed by atoms with Crippen LogP contribution in [0.1, 0.15) is 6.92 Å². The van der Waals surface area contributed by atoms with Gasteiger partial charge >= 0.3 is 6.03 Å². The monoisotopic (exact) mass is 161 g/mol. The second-order valence-electron chi connectivity index (χ2n) is 2.05. The Bertz CT molecular complexity index is 168. The van der Waals surface area contributed by atoms with Gasteiger partial charge in [-0.25, -0.2) is 9.80 Å². The summed E-state index contributed by atoms with van der Waals surface area (Å²) in [5.41, 5.74) is 6.82. The number of nitrogens with two attached hydrogens (primary N) is 1. The van der Waals surface area contributed by atoms with Gasteiger partial charge in [0, 0.05) is 7.05 Å². The Morgan fingerprint density at radius 3 is 2.36 bits per heavy atom. The molecule has 0 saturated carbocycles. The minimum atomic E-state index is -1.16. The van der Waals surface area contributed by atoms with Crippen molar-refractivity contribution in [2.45, 2.75) is 13.0 Å². The van der Waals surface area contributed by atoms with Gasteiger partial charge in [0.2, 0.25) is 0 Å². The molecule has 0 fully saturated rings. The summed E-state index contributed by atoms with van der Waals surface area (Å²) in [4.78, 5) is 21.0. The van der Waals surface area contributed by atoms with E-state index in [1.54, 1.807) is 0 Å². The number of hydrazine groups is 1. The molecule has 0 aliphatic heterocycles. The highest BCUT2D eigenvalue weighted by Crippen LogP contribution is 1.80. The van der Waals surface area contributed by atoms with E-state index in [0.29, 0.717) is 0 Å². The van der Waals surface area contributed by atoms with Gasteiger partial charge in [0.15, 0.2) is 0 Å². The van der Waals surface area contributed by atoms with Crippen LogP contribution in [0.3, 0.4) is 0 Å². The second-order valence-corrected chi connectivity index (χ2v) is 2.05. The van der Waals surface area contributed by atoms with Gasteiger partial charge in [-0.15, -0.1) is 0 Å². The third-order valence-corrected chi connectivity index (χ3v) is 0.988. The Kier molecular flexibility index (Phi) is 3.32. The number of nitrogens with zero attached hydrogens (tertiary/aromatic N) is 1. The van der Waals surface area contributed by atoms with E-state index in [9.17, 15) is 9.59 Å². The minimum absolute atomic E-state index is 0.675. The number of rotatable bonds is 1. The van der Waals surface area contributed by atoms with Crippen LogP contribution in [0.2, 0.25) is 0 Å². The van der Waals surface area contributed by atoms with Crippen molar-refractivity contribution in [1.82, 2.24) is 10.4 Å². The quantitative estimate of drug-likeness (QED) is 0.404. The molecule has 6 heteroatoms. The highest BCUT2D eigenvalue weighted by atomic mass is 16.3. The maximum Gasteiger partial charge on any atom is 0.333 e. The van der Waals surface area contributed by atoms with Crippen LogP contribution < -0.4 is 11.2 Å². The molecule has 6 nitrogen and oxygen atoms in total. The number of aliphatic hydroxyl groups is 1. The predicted molar refractivity (Wildman–Crippen MR) is 37.2 cm³/mol. The van der Waals surface area contributed by atoms with Crippen LogP contribution in [0.5, 0.6) is 0 Å². The Labute approximate surface area is 63.9 Å². The van der Waals surface area contributed by atoms with Gasteiger partial charge in [-0.05, 0) is 6.92 Å². The van der Waals surface area contributed by atoms with E-state index < -0.39 is 18.0 Å². The Balaban J connectivity index is 3.85. The summed E-state index contributed by atoms with van der Waals surface area (Å²) in [6, 6.07) is -0.793. The van der Waals surface area contributed by atoms with Crippen molar-refractivity contribution in [3.63, 3.8) is 0 Å². The second kappa shape index (κ2) is 3.77. The van der Waals surface area contributed by atoms with E-state index in [4.69, 9.17) is 10.8 Å². The zero-order valence-electron chi connectivity index (χ0n) is 6.37. The molecule has 0 aromatic heterocycles. The average Bonchev–Trinajstić information content (AvgIpc) is 1.87. The Morgan fingerprint density at radius 1 is 1.64 bits per heavy atom. The van der Waals surface area contributed by atoms with Gasteiger partial charge in [0.25, 0.3) is 5.91 Å². The fourth-order valence-corrected chi connectivity index (χ4v) is 0.314. The van der Waals surface area contributed by atoms with E-state index in [1.807, 2.05) is 5.43 Å². The first-order chi connectivity index (χ1) is 4.95. The number of urea groups is 1. The molecular formula is C5H11N3O3. The lowest BCUT2D eigenvalue weighted by Gasteiger charge is -2.16. The molecule has 0 radical (unpaired) electrons. The van der Waals surface area contributed by atoms with E-state index in [-0.39, 0.29) is 0 Å². The van der Waals surface area contributed by atoms with Gasteiger partial charge in [-0.1, -0.05) is 0 Å². The number of primary amides is 1. The highest BCUT2D eigenvalue weighted by molar-refractivity contribution is 5.82. The molecule has 11 heavy (non-hydrogen) atoms. The van der Waals surface area contributed by atoms with Crippen molar-refractivity contribution in [2.24, 2.45) is 5.73 Å². The maximum atomic E-state index is 10.6. The summed E-state index contributed by atoms with van der Waals surface area (Å²) in [5, 5.41) is 9.45. The summed E-state index contributed by atoms with van der Waals surface area (Å²) in [7, 11) is 1.28. The van der Waals surface area contributed by atoms with Crippen molar-refractivity contribution in [3.8, 4) is 0 Å². The molecule has 0 rings (SSSR count). The van der Waals surface area contributed by atoms with Crippen LogP contribution in [0.25, 0.3) is 0 Å². The highest BCUT2D eigenvalue weighted by Gasteiger charge is 2.11. The number of carbonyl (C=O) groups is 2. The molecule has 1 atom stereocenters. The van der Waals surface area contributed by atoms with Crippen LogP contribution >= 0.6 is 0 Å². The molecule has 0 spiro atoms. The number of aliphatic hydroxyl groups excluding tert-OH is 1. The molecule has 4 N–H and O–H groups in total. The van der Waals surface area contributed by atoms with E-state index in [2.05, 4.69) is 0 Å². The van der Waals surface area contributed by atoms with Crippen molar-refractivity contribution < 1.29 is 14.7 Å². The van der Waals surface area contributed by atoms with E-state index >= 15 is 0 Å². The lowest BCUT2D eigenvalue weighted by molar-refractivity contribution is -0.131. The van der Waals surface area contributed by atoms with Crippen LogP contribution in [0, 0.1) is 0 Å². The van der Waals surface area contributed by atoms with Gasteiger partial charge in [-0.3, -0.25) is 10.2 Å². The zero-order chi connectivity index (χ0) is 9.02. The first-order valence-electron chi connectivity index (χ1n) is 2.97. The molecule has 0 aromatic carbocycles. The van der Waals surface area contributed by atoms with Gasteiger partial charge in [-0.2, -0.15) is 0 Å². The molecule has 3 amide bonds. The van der Waals surface area contributed by atoms with Gasteiger partial charge in [0.05, 0.1) is 0 Å². The summed E-state index contributed by atoms with van der Waals surface area (Å²) in [6.07, 6.45) is -1.16. The van der Waals surface area contributed by atoms with Crippen molar-refractivity contribution in [3.05, 3.63) is 0 Å². The first-order valence-corrected chi connectivity index (χ1v) is 2.97. The number of hydrogen-bond acceptors (Lipinski definition) is 3. The number of nitrogens with one attached hydrogen (secondary N) is 1. The lowest BCUT2D eigenvalue weighted by Crippen LogP contribution is -2.48. The molecule has 64 valence electrons. The van der Waals surface area contributed by atoms with Crippen LogP contribution in [0.15, 0.2) is 0 Å². The predicted octanol–water partition coefficient (Wildman–Crippen LogP) is -1.59. The fraction of sp³-hybridized carbons (Fsp3) is 0.600. The molecular weight excluding hydrogens is 150 g/mol. The first kappa shape index (κ1) is 9.70. The fourth-order valence-electron chi connectivity index (χ4n) is 0.314. The molecule has 0 aromatic rings. The van der Waals surface area contributed by atoms with Crippen molar-refractivity contribution >= 4 is 11.9 Å². The molecule has 0 unspecified atom stereocenters. The Morgan fingerprint density at radius 2 is 2.09 bits per heavy atom. The molecule has 0 bridgehead atoms. The normalized spacial score (nSPS) is 11.9. The molecule has 0 aliphatic rings. The maximum absolute atomic E-state index is 10.6. The van der Waals surface area contributed by atoms with Crippen LogP contribution in [0.4, 0.5) is 4.79 Å². The molecule has 0 aliphatic carbocycles. The van der Waals surface area contributed by atoms with E-state index in [1.165, 1.54) is 14.0 Å². The lowest BCUT2D eigenvalue weighted by atomic mass is 10.4. The van der Waals surface area contributed by atoms with Crippen LogP contribution in [-0.4, -0.2) is 35.2 Å². The number of amides is 3. The van der Waals surface area contributed by atoms with Crippen LogP contribution in [-0.2, 0) is 4.79 Å². The smallest absolute Gasteiger partial charge is 0.333 e. The Hall–Kier alpha value is -1.30. The summed E-state index contributed by atoms with van der Waals surface area (Å²) in [6.45, 7) is 1.28. The topological polar surface area (TPSA) is 95.7 Å². The SMILES string of the molecule is C[C@H](O)C(=O)NN(C)C(N)=O. The number of hydrogen-bond donors (Lipinski definition) is 3.